The van der Waals surface area contributed by atoms with E-state index < -0.39 is 0 Å². The SMILES string of the molecule is Cc1cc(C(=O)NC2CCCN(C(=O)c3cccs3)C2)c2ccc(C)c(C)c2n1. The van der Waals surface area contributed by atoms with E-state index in [2.05, 4.69) is 17.2 Å². The minimum Gasteiger partial charge on any atom is -0.348 e. The van der Waals surface area contributed by atoms with Gasteiger partial charge >= 0.3 is 0 Å². The maximum atomic E-state index is 13.1. The number of hydrogen-bond donors (Lipinski definition) is 1. The second-order valence-electron chi connectivity index (χ2n) is 7.76. The van der Waals surface area contributed by atoms with Crippen LogP contribution in [0.4, 0.5) is 0 Å². The molecule has 4 rings (SSSR count). The Morgan fingerprint density at radius 1 is 1.21 bits per heavy atom. The van der Waals surface area contributed by atoms with Crippen LogP contribution >= 0.6 is 11.3 Å². The van der Waals surface area contributed by atoms with E-state index in [1.807, 2.05) is 54.5 Å². The molecule has 2 aromatic heterocycles. The Labute approximate surface area is 174 Å². The zero-order chi connectivity index (χ0) is 20.5. The standard InChI is InChI=1S/C23H25N3O2S/c1-14-8-9-18-19(12-15(2)24-21(18)16(14)3)22(27)25-17-6-4-10-26(13-17)23(28)20-7-5-11-29-20/h5,7-9,11-12,17H,4,6,10,13H2,1-3H3,(H,25,27). The molecule has 0 saturated carbocycles. The van der Waals surface area contributed by atoms with E-state index in [4.69, 9.17) is 0 Å². The molecule has 1 aliphatic heterocycles. The van der Waals surface area contributed by atoms with E-state index in [-0.39, 0.29) is 17.9 Å². The molecule has 3 heterocycles. The minimum absolute atomic E-state index is 0.0461. The topological polar surface area (TPSA) is 62.3 Å². The van der Waals surface area contributed by atoms with Gasteiger partial charge in [-0.1, -0.05) is 18.2 Å². The van der Waals surface area contributed by atoms with Crippen molar-refractivity contribution in [2.45, 2.75) is 39.7 Å². The monoisotopic (exact) mass is 407 g/mol. The number of fused-ring (bicyclic) bond motifs is 1. The van der Waals surface area contributed by atoms with E-state index in [0.717, 1.165) is 52.0 Å². The number of benzene rings is 1. The number of carbonyl (C=O) groups is 2. The molecule has 6 heteroatoms. The molecule has 1 aromatic carbocycles. The molecular weight excluding hydrogens is 382 g/mol. The molecule has 1 fully saturated rings. The molecule has 5 nitrogen and oxygen atoms in total. The number of nitrogens with zero attached hydrogens (tertiary/aromatic N) is 2. The van der Waals surface area contributed by atoms with Gasteiger partial charge in [-0.15, -0.1) is 11.3 Å². The molecule has 1 N–H and O–H groups in total. The van der Waals surface area contributed by atoms with Crippen molar-refractivity contribution in [2.75, 3.05) is 13.1 Å². The second kappa shape index (κ2) is 7.95. The fraction of sp³-hybridized carbons (Fsp3) is 0.348. The number of pyridine rings is 1. The lowest BCUT2D eigenvalue weighted by Crippen LogP contribution is -2.49. The van der Waals surface area contributed by atoms with Gasteiger partial charge in [0.1, 0.15) is 0 Å². The molecule has 1 aliphatic rings. The summed E-state index contributed by atoms with van der Waals surface area (Å²) < 4.78 is 0. The Morgan fingerprint density at radius 2 is 2.03 bits per heavy atom. The summed E-state index contributed by atoms with van der Waals surface area (Å²) in [7, 11) is 0. The molecule has 0 bridgehead atoms. The van der Waals surface area contributed by atoms with Crippen LogP contribution in [0.15, 0.2) is 35.7 Å². The molecule has 1 atom stereocenters. The third kappa shape index (κ3) is 3.90. The van der Waals surface area contributed by atoms with Crippen molar-refractivity contribution in [1.82, 2.24) is 15.2 Å². The first-order chi connectivity index (χ1) is 13.9. The summed E-state index contributed by atoms with van der Waals surface area (Å²) in [6.45, 7) is 7.29. The van der Waals surface area contributed by atoms with E-state index in [1.54, 1.807) is 0 Å². The summed E-state index contributed by atoms with van der Waals surface area (Å²) in [4.78, 5) is 33.1. The quantitative estimate of drug-likeness (QED) is 0.706. The summed E-state index contributed by atoms with van der Waals surface area (Å²) in [5.41, 5.74) is 4.63. The first-order valence-corrected chi connectivity index (χ1v) is 10.8. The highest BCUT2D eigenvalue weighted by molar-refractivity contribution is 7.12. The van der Waals surface area contributed by atoms with Crippen molar-refractivity contribution in [2.24, 2.45) is 0 Å². The van der Waals surface area contributed by atoms with Gasteiger partial charge in [0.25, 0.3) is 11.8 Å². The maximum absolute atomic E-state index is 13.1. The predicted molar refractivity (Wildman–Crippen MR) is 117 cm³/mol. The van der Waals surface area contributed by atoms with Gasteiger partial charge < -0.3 is 10.2 Å². The average Bonchev–Trinajstić information content (AvgIpc) is 3.25. The van der Waals surface area contributed by atoms with E-state index in [1.165, 1.54) is 11.3 Å². The van der Waals surface area contributed by atoms with Gasteiger partial charge in [-0.25, -0.2) is 0 Å². The first kappa shape index (κ1) is 19.6. The van der Waals surface area contributed by atoms with Crippen molar-refractivity contribution in [1.29, 1.82) is 0 Å². The highest BCUT2D eigenvalue weighted by Gasteiger charge is 2.27. The Morgan fingerprint density at radius 3 is 2.79 bits per heavy atom. The van der Waals surface area contributed by atoms with Crippen LogP contribution in [0.2, 0.25) is 0 Å². The zero-order valence-electron chi connectivity index (χ0n) is 17.0. The predicted octanol–water partition coefficient (Wildman–Crippen LogP) is 4.26. The third-order valence-corrected chi connectivity index (χ3v) is 6.51. The Bertz CT molecular complexity index is 1080. The lowest BCUT2D eigenvalue weighted by atomic mass is 9.99. The summed E-state index contributed by atoms with van der Waals surface area (Å²) in [6.07, 6.45) is 1.76. The van der Waals surface area contributed by atoms with Crippen molar-refractivity contribution >= 4 is 34.1 Å². The van der Waals surface area contributed by atoms with Crippen molar-refractivity contribution in [3.63, 3.8) is 0 Å². The molecule has 2 amide bonds. The third-order valence-electron chi connectivity index (χ3n) is 5.65. The maximum Gasteiger partial charge on any atom is 0.263 e. The minimum atomic E-state index is -0.0980. The highest BCUT2D eigenvalue weighted by atomic mass is 32.1. The molecule has 1 saturated heterocycles. The number of carbonyl (C=O) groups excluding carboxylic acids is 2. The normalized spacial score (nSPS) is 16.8. The number of rotatable bonds is 3. The van der Waals surface area contributed by atoms with Crippen LogP contribution in [-0.2, 0) is 0 Å². The number of nitrogens with one attached hydrogen (secondary N) is 1. The van der Waals surface area contributed by atoms with E-state index in [0.29, 0.717) is 12.1 Å². The van der Waals surface area contributed by atoms with Gasteiger partial charge in [-0.3, -0.25) is 14.6 Å². The number of aromatic nitrogens is 1. The molecule has 0 radical (unpaired) electrons. The van der Waals surface area contributed by atoms with Crippen LogP contribution in [0.1, 0.15) is 49.7 Å². The molecular formula is C23H25N3O2S. The van der Waals surface area contributed by atoms with E-state index >= 15 is 0 Å². The molecule has 0 spiro atoms. The lowest BCUT2D eigenvalue weighted by Gasteiger charge is -2.33. The smallest absolute Gasteiger partial charge is 0.263 e. The van der Waals surface area contributed by atoms with Gasteiger partial charge in [-0.2, -0.15) is 0 Å². The summed E-state index contributed by atoms with van der Waals surface area (Å²) in [5.74, 6) is -0.0468. The summed E-state index contributed by atoms with van der Waals surface area (Å²) >= 11 is 1.46. The summed E-state index contributed by atoms with van der Waals surface area (Å²) in [5, 5.41) is 5.95. The molecule has 29 heavy (non-hydrogen) atoms. The molecule has 150 valence electrons. The Balaban J connectivity index is 1.55. The van der Waals surface area contributed by atoms with Gasteiger partial charge in [0.2, 0.25) is 0 Å². The van der Waals surface area contributed by atoms with E-state index in [9.17, 15) is 9.59 Å². The van der Waals surface area contributed by atoms with Crippen molar-refractivity contribution in [3.8, 4) is 0 Å². The van der Waals surface area contributed by atoms with Crippen LogP contribution in [0.25, 0.3) is 10.9 Å². The fourth-order valence-corrected chi connectivity index (χ4v) is 4.64. The summed E-state index contributed by atoms with van der Waals surface area (Å²) in [6, 6.07) is 9.56. The number of thiophene rings is 1. The first-order valence-electron chi connectivity index (χ1n) is 9.95. The van der Waals surface area contributed by atoms with Gasteiger partial charge in [0.05, 0.1) is 16.0 Å². The zero-order valence-corrected chi connectivity index (χ0v) is 17.8. The largest absolute Gasteiger partial charge is 0.348 e. The van der Waals surface area contributed by atoms with Crippen LogP contribution in [0, 0.1) is 20.8 Å². The number of likely N-dealkylation sites (tertiary alicyclic amines) is 1. The number of hydrogen-bond acceptors (Lipinski definition) is 4. The van der Waals surface area contributed by atoms with Crippen LogP contribution < -0.4 is 5.32 Å². The Kier molecular flexibility index (Phi) is 5.37. The number of piperidine rings is 1. The number of amides is 2. The lowest BCUT2D eigenvalue weighted by molar-refractivity contribution is 0.0680. The Hall–Kier alpha value is -2.73. The van der Waals surface area contributed by atoms with Crippen LogP contribution in [0.5, 0.6) is 0 Å². The molecule has 3 aromatic rings. The molecule has 1 unspecified atom stereocenters. The van der Waals surface area contributed by atoms with Crippen molar-refractivity contribution in [3.05, 3.63) is 63.0 Å². The van der Waals surface area contributed by atoms with Gasteiger partial charge in [0, 0.05) is 30.2 Å². The molecule has 0 aliphatic carbocycles. The highest BCUT2D eigenvalue weighted by Crippen LogP contribution is 2.24. The number of aryl methyl sites for hydroxylation is 3. The van der Waals surface area contributed by atoms with Crippen molar-refractivity contribution < 1.29 is 9.59 Å². The van der Waals surface area contributed by atoms with Gasteiger partial charge in [0.15, 0.2) is 0 Å². The fourth-order valence-electron chi connectivity index (χ4n) is 3.94. The van der Waals surface area contributed by atoms with Gasteiger partial charge in [-0.05, 0) is 62.3 Å². The van der Waals surface area contributed by atoms with Crippen LogP contribution in [0.3, 0.4) is 0 Å². The second-order valence-corrected chi connectivity index (χ2v) is 8.70. The van der Waals surface area contributed by atoms with Crippen LogP contribution in [-0.4, -0.2) is 40.8 Å². The average molecular weight is 408 g/mol.